The van der Waals surface area contributed by atoms with E-state index < -0.39 is 5.97 Å². The zero-order chi connectivity index (χ0) is 10.6. The summed E-state index contributed by atoms with van der Waals surface area (Å²) in [5.41, 5.74) is 0. The molecular weight excluding hydrogens is 182 g/mol. The first-order chi connectivity index (χ1) is 6.63. The second-order valence-corrected chi connectivity index (χ2v) is 3.50. The third-order valence-corrected chi connectivity index (χ3v) is 2.12. The van der Waals surface area contributed by atoms with Crippen LogP contribution in [0.3, 0.4) is 0 Å². The lowest BCUT2D eigenvalue weighted by Gasteiger charge is -2.17. The van der Waals surface area contributed by atoms with Gasteiger partial charge >= 0.3 is 5.97 Å². The van der Waals surface area contributed by atoms with E-state index in [4.69, 9.17) is 11.5 Å². The van der Waals surface area contributed by atoms with E-state index in [1.807, 2.05) is 0 Å². The van der Waals surface area contributed by atoms with Gasteiger partial charge in [-0.3, -0.25) is 9.59 Å². The number of hydrogen-bond acceptors (Lipinski definition) is 2. The monoisotopic (exact) mass is 195 g/mol. The van der Waals surface area contributed by atoms with Crippen LogP contribution in [-0.2, 0) is 9.59 Å². The van der Waals surface area contributed by atoms with Crippen LogP contribution < -0.4 is 0 Å². The summed E-state index contributed by atoms with van der Waals surface area (Å²) < 4.78 is 0. The third-order valence-electron chi connectivity index (χ3n) is 2.12. The number of hydrogen-bond donors (Lipinski definition) is 1. The Kier molecular flexibility index (Phi) is 3.52. The Balaban J connectivity index is 2.42. The topological polar surface area (TPSA) is 57.6 Å². The predicted molar refractivity (Wildman–Crippen MR) is 50.4 cm³/mol. The summed E-state index contributed by atoms with van der Waals surface area (Å²) in [6, 6.07) is 0. The quantitative estimate of drug-likeness (QED) is 0.643. The number of rotatable bonds is 5. The second kappa shape index (κ2) is 4.66. The Labute approximate surface area is 82.9 Å². The van der Waals surface area contributed by atoms with Gasteiger partial charge in [0.15, 0.2) is 0 Å². The molecule has 4 nitrogen and oxygen atoms in total. The van der Waals surface area contributed by atoms with Crippen LogP contribution in [0.1, 0.15) is 19.3 Å². The Hall–Kier alpha value is -1.50. The van der Waals surface area contributed by atoms with Crippen molar-refractivity contribution in [2.75, 3.05) is 13.1 Å². The molecule has 0 radical (unpaired) electrons. The standard InChI is InChI=1S/C10H13NO3/c1-2-5-11(7-10(13)14)9(12)6-8-3-4-8/h1,8H,3-7H2,(H,13,14). The highest BCUT2D eigenvalue weighted by molar-refractivity contribution is 5.81. The van der Waals surface area contributed by atoms with Crippen molar-refractivity contribution in [3.8, 4) is 12.3 Å². The molecule has 1 fully saturated rings. The number of carboxylic acid groups (broad SMARTS) is 1. The van der Waals surface area contributed by atoms with Crippen molar-refractivity contribution < 1.29 is 14.7 Å². The third kappa shape index (κ3) is 3.48. The molecule has 0 aliphatic heterocycles. The molecule has 0 bridgehead atoms. The molecule has 0 heterocycles. The summed E-state index contributed by atoms with van der Waals surface area (Å²) in [7, 11) is 0. The number of carbonyl (C=O) groups excluding carboxylic acids is 1. The maximum absolute atomic E-state index is 11.5. The van der Waals surface area contributed by atoms with Gasteiger partial charge in [-0.1, -0.05) is 5.92 Å². The van der Waals surface area contributed by atoms with Gasteiger partial charge in [-0.05, 0) is 18.8 Å². The number of carboxylic acids is 1. The highest BCUT2D eigenvalue weighted by Crippen LogP contribution is 2.32. The van der Waals surface area contributed by atoms with Crippen molar-refractivity contribution in [1.29, 1.82) is 0 Å². The van der Waals surface area contributed by atoms with Crippen LogP contribution in [0, 0.1) is 18.3 Å². The number of aliphatic carboxylic acids is 1. The van der Waals surface area contributed by atoms with Gasteiger partial charge < -0.3 is 10.0 Å². The van der Waals surface area contributed by atoms with E-state index in [2.05, 4.69) is 5.92 Å². The molecule has 1 saturated carbocycles. The first kappa shape index (κ1) is 10.6. The minimum atomic E-state index is -1.02. The summed E-state index contributed by atoms with van der Waals surface area (Å²) in [4.78, 5) is 23.1. The molecule has 1 aliphatic rings. The lowest BCUT2D eigenvalue weighted by molar-refractivity contribution is -0.144. The molecule has 0 saturated heterocycles. The molecule has 1 aliphatic carbocycles. The molecule has 76 valence electrons. The average molecular weight is 195 g/mol. The van der Waals surface area contributed by atoms with E-state index in [0.29, 0.717) is 12.3 Å². The minimum Gasteiger partial charge on any atom is -0.480 e. The first-order valence-corrected chi connectivity index (χ1v) is 4.56. The predicted octanol–water partition coefficient (Wildman–Crippen LogP) is 0.333. The average Bonchev–Trinajstić information content (AvgIpc) is 2.86. The summed E-state index contributed by atoms with van der Waals surface area (Å²) >= 11 is 0. The summed E-state index contributed by atoms with van der Waals surface area (Å²) in [5.74, 6) is 1.58. The van der Waals surface area contributed by atoms with Crippen molar-refractivity contribution >= 4 is 11.9 Å². The molecule has 4 heteroatoms. The number of amides is 1. The normalized spacial score (nSPS) is 14.5. The smallest absolute Gasteiger partial charge is 0.323 e. The van der Waals surface area contributed by atoms with Gasteiger partial charge in [0.25, 0.3) is 0 Å². The number of nitrogens with zero attached hydrogens (tertiary/aromatic N) is 1. The Morgan fingerprint density at radius 3 is 2.57 bits per heavy atom. The molecule has 0 spiro atoms. The molecule has 1 rings (SSSR count). The molecule has 0 unspecified atom stereocenters. The van der Waals surface area contributed by atoms with E-state index in [-0.39, 0.29) is 19.0 Å². The Morgan fingerprint density at radius 1 is 1.50 bits per heavy atom. The fourth-order valence-corrected chi connectivity index (χ4v) is 1.20. The van der Waals surface area contributed by atoms with Crippen molar-refractivity contribution in [2.24, 2.45) is 5.92 Å². The van der Waals surface area contributed by atoms with Crippen LogP contribution in [0.4, 0.5) is 0 Å². The Bertz CT molecular complexity index is 276. The van der Waals surface area contributed by atoms with E-state index in [0.717, 1.165) is 12.8 Å². The van der Waals surface area contributed by atoms with Crippen molar-refractivity contribution in [3.63, 3.8) is 0 Å². The van der Waals surface area contributed by atoms with Gasteiger partial charge in [-0.15, -0.1) is 6.42 Å². The molecule has 14 heavy (non-hydrogen) atoms. The summed E-state index contributed by atoms with van der Waals surface area (Å²) in [6.07, 6.45) is 7.64. The van der Waals surface area contributed by atoms with Crippen LogP contribution in [0.5, 0.6) is 0 Å². The van der Waals surface area contributed by atoms with Crippen LogP contribution >= 0.6 is 0 Å². The van der Waals surface area contributed by atoms with Crippen molar-refractivity contribution in [3.05, 3.63) is 0 Å². The van der Waals surface area contributed by atoms with Crippen LogP contribution in [-0.4, -0.2) is 35.0 Å². The first-order valence-electron chi connectivity index (χ1n) is 4.56. The van der Waals surface area contributed by atoms with E-state index in [1.54, 1.807) is 0 Å². The molecule has 0 aromatic carbocycles. The molecular formula is C10H13NO3. The minimum absolute atomic E-state index is 0.0812. The summed E-state index contributed by atoms with van der Waals surface area (Å²) in [5, 5.41) is 8.55. The van der Waals surface area contributed by atoms with Crippen LogP contribution in [0.2, 0.25) is 0 Å². The van der Waals surface area contributed by atoms with Crippen molar-refractivity contribution in [1.82, 2.24) is 4.90 Å². The van der Waals surface area contributed by atoms with E-state index >= 15 is 0 Å². The number of carbonyl (C=O) groups is 2. The molecule has 0 aromatic heterocycles. The van der Waals surface area contributed by atoms with E-state index in [9.17, 15) is 9.59 Å². The van der Waals surface area contributed by atoms with Crippen LogP contribution in [0.25, 0.3) is 0 Å². The van der Waals surface area contributed by atoms with Crippen LogP contribution in [0.15, 0.2) is 0 Å². The number of terminal acetylenes is 1. The van der Waals surface area contributed by atoms with Gasteiger partial charge in [0.05, 0.1) is 6.54 Å². The fraction of sp³-hybridized carbons (Fsp3) is 0.600. The van der Waals surface area contributed by atoms with Gasteiger partial charge in [0, 0.05) is 6.42 Å². The zero-order valence-corrected chi connectivity index (χ0v) is 7.90. The van der Waals surface area contributed by atoms with Gasteiger partial charge in [-0.25, -0.2) is 0 Å². The lowest BCUT2D eigenvalue weighted by Crippen LogP contribution is -2.36. The highest BCUT2D eigenvalue weighted by Gasteiger charge is 2.27. The van der Waals surface area contributed by atoms with E-state index in [1.165, 1.54) is 4.90 Å². The largest absolute Gasteiger partial charge is 0.480 e. The second-order valence-electron chi connectivity index (χ2n) is 3.50. The SMILES string of the molecule is C#CCN(CC(=O)O)C(=O)CC1CC1. The maximum Gasteiger partial charge on any atom is 0.323 e. The van der Waals surface area contributed by atoms with Gasteiger partial charge in [-0.2, -0.15) is 0 Å². The van der Waals surface area contributed by atoms with Gasteiger partial charge in [0.1, 0.15) is 6.54 Å². The fourth-order valence-electron chi connectivity index (χ4n) is 1.20. The molecule has 0 atom stereocenters. The van der Waals surface area contributed by atoms with Crippen molar-refractivity contribution in [2.45, 2.75) is 19.3 Å². The molecule has 0 aromatic rings. The van der Waals surface area contributed by atoms with Gasteiger partial charge in [0.2, 0.25) is 5.91 Å². The highest BCUT2D eigenvalue weighted by atomic mass is 16.4. The zero-order valence-electron chi connectivity index (χ0n) is 7.90. The molecule has 1 N–H and O–H groups in total. The lowest BCUT2D eigenvalue weighted by atomic mass is 10.2. The maximum atomic E-state index is 11.5. The molecule has 1 amide bonds. The Morgan fingerprint density at radius 2 is 2.14 bits per heavy atom. The summed E-state index contributed by atoms with van der Waals surface area (Å²) in [6.45, 7) is -0.215.